The van der Waals surface area contributed by atoms with Crippen molar-refractivity contribution in [2.45, 2.75) is 12.8 Å². The third-order valence-electron chi connectivity index (χ3n) is 6.92. The van der Waals surface area contributed by atoms with Crippen molar-refractivity contribution >= 4 is 39.2 Å². The summed E-state index contributed by atoms with van der Waals surface area (Å²) in [5.74, 6) is 0.213. The summed E-state index contributed by atoms with van der Waals surface area (Å²) in [6.07, 6.45) is 10.9. The molecule has 2 aromatic carbocycles. The Balaban J connectivity index is 1.33. The Bertz CT molecular complexity index is 1590. The maximum atomic E-state index is 13.1. The largest absolute Gasteiger partial charge is 0.381 e. The molecule has 1 fully saturated rings. The Labute approximate surface area is 214 Å². The fourth-order valence-electron chi connectivity index (χ4n) is 4.95. The molecule has 1 saturated heterocycles. The third kappa shape index (κ3) is 4.75. The number of rotatable bonds is 6. The number of hydrogen-bond donors (Lipinski definition) is 2. The van der Waals surface area contributed by atoms with Crippen LogP contribution in [-0.4, -0.2) is 45.2 Å². The lowest BCUT2D eigenvalue weighted by molar-refractivity contribution is 0.0536. The van der Waals surface area contributed by atoms with E-state index in [2.05, 4.69) is 66.7 Å². The van der Waals surface area contributed by atoms with Gasteiger partial charge in [-0.15, -0.1) is 0 Å². The first kappa shape index (κ1) is 23.1. The topological polar surface area (TPSA) is 94.0 Å². The van der Waals surface area contributed by atoms with Crippen LogP contribution >= 0.6 is 0 Å². The number of fused-ring (bicyclic) bond motifs is 2. The Morgan fingerprint density at radius 1 is 1.11 bits per heavy atom. The molecule has 8 nitrogen and oxygen atoms in total. The average molecular weight is 493 g/mol. The van der Waals surface area contributed by atoms with Crippen molar-refractivity contribution in [2.75, 3.05) is 25.1 Å². The first-order valence-corrected chi connectivity index (χ1v) is 12.5. The summed E-state index contributed by atoms with van der Waals surface area (Å²) < 4.78 is 7.65. The van der Waals surface area contributed by atoms with E-state index >= 15 is 0 Å². The zero-order valence-electron chi connectivity index (χ0n) is 20.6. The average Bonchev–Trinajstić information content (AvgIpc) is 3.32. The van der Waals surface area contributed by atoms with E-state index in [1.165, 1.54) is 5.39 Å². The minimum absolute atomic E-state index is 0.134. The van der Waals surface area contributed by atoms with Crippen LogP contribution in [-0.2, 0) is 11.8 Å². The molecular weight excluding hydrogens is 464 g/mol. The van der Waals surface area contributed by atoms with Gasteiger partial charge < -0.3 is 19.9 Å². The molecule has 186 valence electrons. The molecule has 0 radical (unpaired) electrons. The summed E-state index contributed by atoms with van der Waals surface area (Å²) in [4.78, 5) is 26.5. The van der Waals surface area contributed by atoms with Gasteiger partial charge in [0.15, 0.2) is 0 Å². The monoisotopic (exact) mass is 492 g/mol. The third-order valence-corrected chi connectivity index (χ3v) is 6.92. The smallest absolute Gasteiger partial charge is 0.253 e. The highest BCUT2D eigenvalue weighted by atomic mass is 16.5. The SMILES string of the molecule is Cn1ccc2ccc(-c3cc(Nc4cnccc4C(=O)NCC4CCCOC4)cc4nccnc34)cc21. The minimum atomic E-state index is -0.134. The predicted molar refractivity (Wildman–Crippen MR) is 145 cm³/mol. The van der Waals surface area contributed by atoms with Gasteiger partial charge in [0.2, 0.25) is 0 Å². The van der Waals surface area contributed by atoms with Crippen LogP contribution in [0, 0.1) is 5.92 Å². The fraction of sp³-hybridized carbons (Fsp3) is 0.241. The molecule has 0 spiro atoms. The zero-order chi connectivity index (χ0) is 25.2. The number of carbonyl (C=O) groups excluding carboxylic acids is 1. The van der Waals surface area contributed by atoms with Crippen LogP contribution in [0.15, 0.2) is 73.4 Å². The number of hydrogen-bond acceptors (Lipinski definition) is 6. The van der Waals surface area contributed by atoms with Gasteiger partial charge in [0.1, 0.15) is 0 Å². The van der Waals surface area contributed by atoms with Gasteiger partial charge in [-0.2, -0.15) is 0 Å². The molecule has 3 aromatic heterocycles. The number of pyridine rings is 1. The van der Waals surface area contributed by atoms with Gasteiger partial charge >= 0.3 is 0 Å². The molecule has 1 atom stereocenters. The lowest BCUT2D eigenvalue weighted by Crippen LogP contribution is -2.33. The van der Waals surface area contributed by atoms with E-state index in [4.69, 9.17) is 4.74 Å². The molecule has 1 unspecified atom stereocenters. The van der Waals surface area contributed by atoms with Crippen LogP contribution in [0.1, 0.15) is 23.2 Å². The molecule has 0 bridgehead atoms. The molecule has 1 aliphatic rings. The fourth-order valence-corrected chi connectivity index (χ4v) is 4.95. The molecular formula is C29H28N6O2. The van der Waals surface area contributed by atoms with Gasteiger partial charge in [0, 0.05) is 61.8 Å². The summed E-state index contributed by atoms with van der Waals surface area (Å²) in [5.41, 5.74) is 6.71. The molecule has 2 N–H and O–H groups in total. The highest BCUT2D eigenvalue weighted by Gasteiger charge is 2.18. The van der Waals surface area contributed by atoms with E-state index < -0.39 is 0 Å². The molecule has 0 aliphatic carbocycles. The quantitative estimate of drug-likeness (QED) is 0.343. The second-order valence-corrected chi connectivity index (χ2v) is 9.49. The number of nitrogens with zero attached hydrogens (tertiary/aromatic N) is 4. The van der Waals surface area contributed by atoms with Crippen molar-refractivity contribution in [3.05, 3.63) is 79.0 Å². The van der Waals surface area contributed by atoms with E-state index in [0.717, 1.165) is 52.8 Å². The molecule has 5 aromatic rings. The van der Waals surface area contributed by atoms with Crippen molar-refractivity contribution < 1.29 is 9.53 Å². The number of anilines is 2. The highest BCUT2D eigenvalue weighted by molar-refractivity contribution is 6.01. The lowest BCUT2D eigenvalue weighted by Gasteiger charge is -2.22. The molecule has 0 saturated carbocycles. The van der Waals surface area contributed by atoms with Gasteiger partial charge in [0.25, 0.3) is 5.91 Å². The predicted octanol–water partition coefficient (Wildman–Crippen LogP) is 5.08. The first-order chi connectivity index (χ1) is 18.2. The van der Waals surface area contributed by atoms with E-state index in [9.17, 15) is 4.79 Å². The summed E-state index contributed by atoms with van der Waals surface area (Å²) >= 11 is 0. The second kappa shape index (κ2) is 9.99. The van der Waals surface area contributed by atoms with Crippen molar-refractivity contribution in [2.24, 2.45) is 13.0 Å². The molecule has 1 aliphatic heterocycles. The van der Waals surface area contributed by atoms with Crippen LogP contribution in [0.2, 0.25) is 0 Å². The van der Waals surface area contributed by atoms with E-state index in [0.29, 0.717) is 30.3 Å². The van der Waals surface area contributed by atoms with Gasteiger partial charge in [-0.05, 0) is 60.0 Å². The van der Waals surface area contributed by atoms with Crippen LogP contribution < -0.4 is 10.6 Å². The maximum Gasteiger partial charge on any atom is 0.253 e. The number of aryl methyl sites for hydroxylation is 1. The summed E-state index contributed by atoms with van der Waals surface area (Å²) in [5, 5.41) is 7.67. The number of carbonyl (C=O) groups is 1. The summed E-state index contributed by atoms with van der Waals surface area (Å²) in [7, 11) is 2.04. The van der Waals surface area contributed by atoms with E-state index in [-0.39, 0.29) is 5.91 Å². The second-order valence-electron chi connectivity index (χ2n) is 9.49. The highest BCUT2D eigenvalue weighted by Crippen LogP contribution is 2.33. The summed E-state index contributed by atoms with van der Waals surface area (Å²) in [6, 6.07) is 14.2. The van der Waals surface area contributed by atoms with Gasteiger partial charge in [0.05, 0.1) is 35.1 Å². The number of ether oxygens (including phenoxy) is 1. The maximum absolute atomic E-state index is 13.1. The van der Waals surface area contributed by atoms with Crippen molar-refractivity contribution in [1.82, 2.24) is 24.8 Å². The van der Waals surface area contributed by atoms with E-state index in [1.54, 1.807) is 30.9 Å². The van der Waals surface area contributed by atoms with Crippen LogP contribution in [0.4, 0.5) is 11.4 Å². The Kier molecular flexibility index (Phi) is 6.24. The normalized spacial score (nSPS) is 15.6. The first-order valence-electron chi connectivity index (χ1n) is 12.5. The molecule has 4 heterocycles. The number of aromatic nitrogens is 4. The van der Waals surface area contributed by atoms with Gasteiger partial charge in [-0.3, -0.25) is 19.7 Å². The minimum Gasteiger partial charge on any atom is -0.381 e. The Morgan fingerprint density at radius 3 is 2.92 bits per heavy atom. The van der Waals surface area contributed by atoms with Crippen LogP contribution in [0.5, 0.6) is 0 Å². The number of nitrogens with one attached hydrogen (secondary N) is 2. The van der Waals surface area contributed by atoms with Gasteiger partial charge in [-0.25, -0.2) is 0 Å². The Hall–Kier alpha value is -4.30. The number of benzene rings is 2. The van der Waals surface area contributed by atoms with Crippen LogP contribution in [0.25, 0.3) is 33.1 Å². The molecule has 6 rings (SSSR count). The molecule has 37 heavy (non-hydrogen) atoms. The van der Waals surface area contributed by atoms with Crippen LogP contribution in [0.3, 0.4) is 0 Å². The van der Waals surface area contributed by atoms with Crippen molar-refractivity contribution in [1.29, 1.82) is 0 Å². The van der Waals surface area contributed by atoms with E-state index in [1.807, 2.05) is 13.1 Å². The summed E-state index contributed by atoms with van der Waals surface area (Å²) in [6.45, 7) is 2.09. The van der Waals surface area contributed by atoms with Crippen molar-refractivity contribution in [3.8, 4) is 11.1 Å². The van der Waals surface area contributed by atoms with Crippen molar-refractivity contribution in [3.63, 3.8) is 0 Å². The Morgan fingerprint density at radius 2 is 2.03 bits per heavy atom. The zero-order valence-corrected chi connectivity index (χ0v) is 20.6. The number of amides is 1. The molecule has 8 heteroatoms. The molecule has 1 amide bonds. The standard InChI is InChI=1S/C29H28N6O2/c1-35-11-7-20-4-5-21(13-27(20)35)24-14-22(15-25-28(24)32-10-9-31-25)34-26-17-30-8-6-23(26)29(36)33-16-19-3-2-12-37-18-19/h4-11,13-15,17,19,34H,2-3,12,16,18H2,1H3,(H,33,36). The van der Waals surface area contributed by atoms with Gasteiger partial charge in [-0.1, -0.05) is 12.1 Å². The lowest BCUT2D eigenvalue weighted by atomic mass is 10.0.